The summed E-state index contributed by atoms with van der Waals surface area (Å²) in [5, 5.41) is 0. The molecule has 1 aromatic carbocycles. The predicted octanol–water partition coefficient (Wildman–Crippen LogP) is 0.198. The lowest BCUT2D eigenvalue weighted by Gasteiger charge is -2.14. The number of amides is 2. The molecule has 2 rings (SSSR count). The van der Waals surface area contributed by atoms with Gasteiger partial charge in [0.25, 0.3) is 11.8 Å². The maximum Gasteiger partial charge on any atom is 0.253 e. The Morgan fingerprint density at radius 3 is 2.15 bits per heavy atom. The maximum atomic E-state index is 12.0. The Bertz CT molecular complexity index is 644. The summed E-state index contributed by atoms with van der Waals surface area (Å²) in [4.78, 5) is 23.7. The van der Waals surface area contributed by atoms with Crippen molar-refractivity contribution in [2.75, 3.05) is 13.1 Å². The van der Waals surface area contributed by atoms with Crippen LogP contribution in [0, 0.1) is 6.92 Å². The monoisotopic (exact) mass is 294 g/mol. The van der Waals surface area contributed by atoms with Crippen LogP contribution in [0.3, 0.4) is 0 Å². The summed E-state index contributed by atoms with van der Waals surface area (Å²) >= 11 is 0. The molecule has 2 amide bonds. The molecule has 6 nitrogen and oxygen atoms in total. The van der Waals surface area contributed by atoms with Gasteiger partial charge >= 0.3 is 0 Å². The number of hydrogen-bond donors (Lipinski definition) is 1. The third kappa shape index (κ3) is 3.12. The lowest BCUT2D eigenvalue weighted by atomic mass is 10.2. The molecule has 106 valence electrons. The van der Waals surface area contributed by atoms with E-state index >= 15 is 0 Å². The zero-order valence-corrected chi connectivity index (χ0v) is 11.7. The topological polar surface area (TPSA) is 83.6 Å². The summed E-state index contributed by atoms with van der Waals surface area (Å²) in [6.45, 7) is 1.85. The molecule has 1 aliphatic heterocycles. The second-order valence-electron chi connectivity index (χ2n) is 4.37. The van der Waals surface area contributed by atoms with Crippen molar-refractivity contribution in [3.05, 3.63) is 42.0 Å². The van der Waals surface area contributed by atoms with Crippen LogP contribution in [0.1, 0.15) is 5.56 Å². The molecule has 1 aliphatic rings. The van der Waals surface area contributed by atoms with Gasteiger partial charge in [-0.05, 0) is 19.1 Å². The molecule has 0 bridgehead atoms. The fourth-order valence-corrected chi connectivity index (χ4v) is 2.77. The number of sulfonamides is 1. The molecular formula is C13H14N2O4S. The highest BCUT2D eigenvalue weighted by molar-refractivity contribution is 7.89. The number of nitrogens with one attached hydrogen (secondary N) is 1. The molecule has 20 heavy (non-hydrogen) atoms. The Morgan fingerprint density at radius 1 is 1.05 bits per heavy atom. The van der Waals surface area contributed by atoms with Crippen LogP contribution in [0.5, 0.6) is 0 Å². The summed E-state index contributed by atoms with van der Waals surface area (Å²) in [7, 11) is -3.62. The molecule has 0 fully saturated rings. The van der Waals surface area contributed by atoms with E-state index in [1.165, 1.54) is 12.1 Å². The molecule has 7 heteroatoms. The number of rotatable bonds is 5. The summed E-state index contributed by atoms with van der Waals surface area (Å²) in [6, 6.07) is 6.41. The Hall–Kier alpha value is -1.99. The molecule has 0 spiro atoms. The van der Waals surface area contributed by atoms with E-state index in [2.05, 4.69) is 4.72 Å². The van der Waals surface area contributed by atoms with Gasteiger partial charge in [-0.2, -0.15) is 0 Å². The first kappa shape index (κ1) is 14.4. The van der Waals surface area contributed by atoms with Crippen LogP contribution in [-0.4, -0.2) is 38.2 Å². The summed E-state index contributed by atoms with van der Waals surface area (Å²) < 4.78 is 26.3. The van der Waals surface area contributed by atoms with Gasteiger partial charge in [-0.3, -0.25) is 14.5 Å². The highest BCUT2D eigenvalue weighted by Crippen LogP contribution is 2.09. The zero-order valence-electron chi connectivity index (χ0n) is 10.9. The maximum absolute atomic E-state index is 12.0. The molecule has 0 aliphatic carbocycles. The highest BCUT2D eigenvalue weighted by Gasteiger charge is 2.23. The Labute approximate surface area is 117 Å². The summed E-state index contributed by atoms with van der Waals surface area (Å²) in [6.07, 6.45) is 2.33. The average molecular weight is 294 g/mol. The number of benzene rings is 1. The van der Waals surface area contributed by atoms with Crippen molar-refractivity contribution in [1.82, 2.24) is 9.62 Å². The minimum Gasteiger partial charge on any atom is -0.274 e. The van der Waals surface area contributed by atoms with Crippen molar-refractivity contribution in [2.24, 2.45) is 0 Å². The van der Waals surface area contributed by atoms with Crippen LogP contribution >= 0.6 is 0 Å². The standard InChI is InChI=1S/C13H14N2O4S/c1-10-2-4-11(5-3-10)20(18,19)14-8-9-15-12(16)6-7-13(15)17/h2-7,14H,8-9H2,1H3. The van der Waals surface area contributed by atoms with E-state index in [1.807, 2.05) is 6.92 Å². The number of hydrogen-bond acceptors (Lipinski definition) is 4. The predicted molar refractivity (Wildman–Crippen MR) is 72.2 cm³/mol. The second-order valence-corrected chi connectivity index (χ2v) is 6.14. The fourth-order valence-electron chi connectivity index (χ4n) is 1.74. The van der Waals surface area contributed by atoms with Crippen molar-refractivity contribution >= 4 is 21.8 Å². The highest BCUT2D eigenvalue weighted by atomic mass is 32.2. The SMILES string of the molecule is Cc1ccc(S(=O)(=O)NCCN2C(=O)C=CC2=O)cc1. The number of carbonyl (C=O) groups excluding carboxylic acids is 2. The summed E-state index contributed by atoms with van der Waals surface area (Å²) in [5.41, 5.74) is 0.961. The van der Waals surface area contributed by atoms with Gasteiger partial charge in [-0.25, -0.2) is 13.1 Å². The number of nitrogens with zero attached hydrogens (tertiary/aromatic N) is 1. The van der Waals surface area contributed by atoms with E-state index in [0.717, 1.165) is 22.6 Å². The van der Waals surface area contributed by atoms with Crippen LogP contribution in [0.2, 0.25) is 0 Å². The van der Waals surface area contributed by atoms with Crippen LogP contribution in [0.25, 0.3) is 0 Å². The van der Waals surface area contributed by atoms with Gasteiger partial charge in [0.1, 0.15) is 0 Å². The van der Waals surface area contributed by atoms with E-state index in [-0.39, 0.29) is 18.0 Å². The van der Waals surface area contributed by atoms with E-state index in [9.17, 15) is 18.0 Å². The molecule has 1 aromatic rings. The first-order valence-electron chi connectivity index (χ1n) is 6.00. The molecule has 0 saturated heterocycles. The van der Waals surface area contributed by atoms with Gasteiger partial charge in [0, 0.05) is 25.2 Å². The second kappa shape index (κ2) is 5.56. The van der Waals surface area contributed by atoms with Crippen LogP contribution < -0.4 is 4.72 Å². The Balaban J connectivity index is 1.95. The van der Waals surface area contributed by atoms with Gasteiger partial charge in [-0.1, -0.05) is 17.7 Å². The fraction of sp³-hybridized carbons (Fsp3) is 0.231. The van der Waals surface area contributed by atoms with E-state index in [4.69, 9.17) is 0 Å². The normalized spacial score (nSPS) is 15.2. The summed E-state index contributed by atoms with van der Waals surface area (Å²) in [5.74, 6) is -0.853. The van der Waals surface area contributed by atoms with E-state index in [1.54, 1.807) is 12.1 Å². The Morgan fingerprint density at radius 2 is 1.60 bits per heavy atom. The van der Waals surface area contributed by atoms with Gasteiger partial charge in [0.2, 0.25) is 10.0 Å². The minimum atomic E-state index is -3.62. The Kier molecular flexibility index (Phi) is 4.01. The van der Waals surface area contributed by atoms with Gasteiger partial charge < -0.3 is 0 Å². The molecular weight excluding hydrogens is 280 g/mol. The molecule has 0 atom stereocenters. The molecule has 0 aromatic heterocycles. The van der Waals surface area contributed by atoms with Crippen LogP contribution in [-0.2, 0) is 19.6 Å². The molecule has 0 radical (unpaired) electrons. The first-order chi connectivity index (χ1) is 9.40. The van der Waals surface area contributed by atoms with Crippen molar-refractivity contribution in [3.63, 3.8) is 0 Å². The van der Waals surface area contributed by atoms with Crippen LogP contribution in [0.4, 0.5) is 0 Å². The minimum absolute atomic E-state index is 0.00968. The number of imide groups is 1. The zero-order chi connectivity index (χ0) is 14.8. The van der Waals surface area contributed by atoms with Gasteiger partial charge in [0.15, 0.2) is 0 Å². The number of aryl methyl sites for hydroxylation is 1. The molecule has 1 N–H and O–H groups in total. The van der Waals surface area contributed by atoms with Crippen LogP contribution in [0.15, 0.2) is 41.3 Å². The third-order valence-corrected chi connectivity index (χ3v) is 4.34. The first-order valence-corrected chi connectivity index (χ1v) is 7.48. The van der Waals surface area contributed by atoms with Crippen molar-refractivity contribution in [2.45, 2.75) is 11.8 Å². The van der Waals surface area contributed by atoms with Gasteiger partial charge in [0.05, 0.1) is 4.90 Å². The van der Waals surface area contributed by atoms with E-state index in [0.29, 0.717) is 0 Å². The van der Waals surface area contributed by atoms with Crippen molar-refractivity contribution in [3.8, 4) is 0 Å². The van der Waals surface area contributed by atoms with Crippen molar-refractivity contribution < 1.29 is 18.0 Å². The average Bonchev–Trinajstić information content (AvgIpc) is 2.71. The molecule has 0 saturated carbocycles. The largest absolute Gasteiger partial charge is 0.274 e. The van der Waals surface area contributed by atoms with E-state index < -0.39 is 21.8 Å². The number of carbonyl (C=O) groups is 2. The molecule has 0 unspecified atom stereocenters. The molecule has 1 heterocycles. The lowest BCUT2D eigenvalue weighted by molar-refractivity contribution is -0.136. The van der Waals surface area contributed by atoms with Gasteiger partial charge in [-0.15, -0.1) is 0 Å². The quantitative estimate of drug-likeness (QED) is 0.786. The van der Waals surface area contributed by atoms with Crippen molar-refractivity contribution in [1.29, 1.82) is 0 Å². The lowest BCUT2D eigenvalue weighted by Crippen LogP contribution is -2.38. The smallest absolute Gasteiger partial charge is 0.253 e. The third-order valence-electron chi connectivity index (χ3n) is 2.86.